The fraction of sp³-hybridized carbons (Fsp3) is 0.800. The molecule has 0 aromatic rings. The summed E-state index contributed by atoms with van der Waals surface area (Å²) in [5.74, 6) is 0. The van der Waals surface area contributed by atoms with E-state index in [9.17, 15) is 0 Å². The lowest BCUT2D eigenvalue weighted by Crippen LogP contribution is -1.83. The van der Waals surface area contributed by atoms with Crippen LogP contribution in [0.15, 0.2) is 5.16 Å². The van der Waals surface area contributed by atoms with Crippen LogP contribution in [0.1, 0.15) is 19.8 Å². The van der Waals surface area contributed by atoms with Gasteiger partial charge < -0.3 is 4.84 Å². The van der Waals surface area contributed by atoms with Crippen molar-refractivity contribution in [3.05, 3.63) is 0 Å². The number of thiocarbonyl (C=S) groups is 1. The van der Waals surface area contributed by atoms with Crippen molar-refractivity contribution in [1.29, 1.82) is 0 Å². The summed E-state index contributed by atoms with van der Waals surface area (Å²) in [5.41, 5.74) is 0. The topological polar surface area (TPSA) is 21.6 Å². The Bertz CT molecular complexity index is 88.4. The summed E-state index contributed by atoms with van der Waals surface area (Å²) in [4.78, 5) is 4.63. The predicted octanol–water partition coefficient (Wildman–Crippen LogP) is 1.82. The number of rotatable bonds is 4. The van der Waals surface area contributed by atoms with Crippen molar-refractivity contribution in [2.45, 2.75) is 19.8 Å². The first-order valence-electron chi connectivity index (χ1n) is 2.61. The zero-order valence-corrected chi connectivity index (χ0v) is 5.70. The molecule has 0 N–H and O–H groups in total. The van der Waals surface area contributed by atoms with Gasteiger partial charge in [-0.25, -0.2) is 0 Å². The molecule has 8 heavy (non-hydrogen) atoms. The molecule has 0 heterocycles. The summed E-state index contributed by atoms with van der Waals surface area (Å²) in [6, 6.07) is 0. The molecule has 2 nitrogen and oxygen atoms in total. The number of unbranched alkanes of at least 4 members (excludes halogenated alkanes) is 1. The summed E-state index contributed by atoms with van der Waals surface area (Å²) in [6.07, 6.45) is 2.15. The average molecular weight is 131 g/mol. The molecule has 0 aliphatic heterocycles. The Kier molecular flexibility index (Phi) is 6.27. The molecule has 0 aliphatic rings. The molecule has 0 unspecified atom stereocenters. The highest BCUT2D eigenvalue weighted by Crippen LogP contribution is 1.86. The minimum Gasteiger partial charge on any atom is -0.388 e. The van der Waals surface area contributed by atoms with Crippen LogP contribution in [0.5, 0.6) is 0 Å². The van der Waals surface area contributed by atoms with Gasteiger partial charge in [0.25, 0.3) is 0 Å². The van der Waals surface area contributed by atoms with Crippen LogP contribution in [0.2, 0.25) is 0 Å². The maximum atomic E-state index is 4.63. The Morgan fingerprint density at radius 1 is 1.75 bits per heavy atom. The van der Waals surface area contributed by atoms with Crippen molar-refractivity contribution in [1.82, 2.24) is 0 Å². The molecule has 3 heteroatoms. The van der Waals surface area contributed by atoms with E-state index in [1.165, 1.54) is 0 Å². The van der Waals surface area contributed by atoms with E-state index < -0.39 is 0 Å². The third-order valence-electron chi connectivity index (χ3n) is 0.691. The van der Waals surface area contributed by atoms with Gasteiger partial charge in [0.2, 0.25) is 0 Å². The van der Waals surface area contributed by atoms with Crippen LogP contribution in [0.4, 0.5) is 0 Å². The minimum atomic E-state index is 0.653. The second kappa shape index (κ2) is 6.60. The molecule has 0 fully saturated rings. The molecular formula is C5H9NOS. The van der Waals surface area contributed by atoms with Crippen LogP contribution in [-0.2, 0) is 4.84 Å². The molecule has 0 aromatic carbocycles. The van der Waals surface area contributed by atoms with E-state index in [0.717, 1.165) is 12.8 Å². The van der Waals surface area contributed by atoms with Crippen molar-refractivity contribution < 1.29 is 4.84 Å². The van der Waals surface area contributed by atoms with E-state index in [4.69, 9.17) is 0 Å². The molecule has 0 radical (unpaired) electrons. The molecule has 0 aliphatic carbocycles. The Hall–Kier alpha value is -0.400. The van der Waals surface area contributed by atoms with Crippen molar-refractivity contribution in [3.63, 3.8) is 0 Å². The predicted molar refractivity (Wildman–Crippen MR) is 35.9 cm³/mol. The summed E-state index contributed by atoms with van der Waals surface area (Å²) in [7, 11) is 0. The maximum Gasteiger partial charge on any atom is 0.118 e. The summed E-state index contributed by atoms with van der Waals surface area (Å²) in [6.45, 7) is 2.74. The van der Waals surface area contributed by atoms with Gasteiger partial charge in [-0.05, 0) is 23.8 Å². The van der Waals surface area contributed by atoms with Crippen molar-refractivity contribution in [3.8, 4) is 0 Å². The van der Waals surface area contributed by atoms with Crippen LogP contribution in [0.3, 0.4) is 0 Å². The number of hydrogen-bond donors (Lipinski definition) is 0. The van der Waals surface area contributed by atoms with E-state index >= 15 is 0 Å². The summed E-state index contributed by atoms with van der Waals surface area (Å²) >= 11 is 4.26. The van der Waals surface area contributed by atoms with Crippen LogP contribution < -0.4 is 0 Å². The molecule has 0 spiro atoms. The van der Waals surface area contributed by atoms with Crippen LogP contribution >= 0.6 is 12.2 Å². The van der Waals surface area contributed by atoms with Gasteiger partial charge in [-0.1, -0.05) is 13.3 Å². The Morgan fingerprint density at radius 2 is 2.50 bits per heavy atom. The van der Waals surface area contributed by atoms with E-state index in [-0.39, 0.29) is 0 Å². The van der Waals surface area contributed by atoms with Gasteiger partial charge in [-0.15, -0.1) is 0 Å². The van der Waals surface area contributed by atoms with Crippen LogP contribution in [0, 0.1) is 0 Å². The van der Waals surface area contributed by atoms with Gasteiger partial charge in [-0.3, -0.25) is 0 Å². The third kappa shape index (κ3) is 5.60. The molecular weight excluding hydrogens is 122 g/mol. The third-order valence-corrected chi connectivity index (χ3v) is 0.766. The molecule has 46 valence electrons. The van der Waals surface area contributed by atoms with Crippen molar-refractivity contribution in [2.24, 2.45) is 5.16 Å². The second-order valence-corrected chi connectivity index (χ2v) is 1.55. The standard InChI is InChI=1S/C5H9NOS/c1-2-3-4-7-6-5-8/h2-4H2,1H3. The van der Waals surface area contributed by atoms with Crippen LogP contribution in [-0.4, -0.2) is 11.8 Å². The van der Waals surface area contributed by atoms with Gasteiger partial charge in [0.05, 0.1) is 0 Å². The first-order chi connectivity index (χ1) is 3.91. The fourth-order valence-electron chi connectivity index (χ4n) is 0.281. The Balaban J connectivity index is 2.82. The molecule has 0 saturated heterocycles. The lowest BCUT2D eigenvalue weighted by molar-refractivity contribution is 0.143. The number of nitrogens with zero attached hydrogens (tertiary/aromatic N) is 1. The SMILES string of the molecule is CCCCON=C=S. The van der Waals surface area contributed by atoms with Crippen LogP contribution in [0.25, 0.3) is 0 Å². The molecule has 0 rings (SSSR count). The monoisotopic (exact) mass is 131 g/mol. The smallest absolute Gasteiger partial charge is 0.118 e. The highest BCUT2D eigenvalue weighted by atomic mass is 32.1. The fourth-order valence-corrected chi connectivity index (χ4v) is 0.334. The van der Waals surface area contributed by atoms with Gasteiger partial charge in [-0.2, -0.15) is 0 Å². The molecule has 0 aromatic heterocycles. The van der Waals surface area contributed by atoms with E-state index in [2.05, 4.69) is 34.3 Å². The van der Waals surface area contributed by atoms with Gasteiger partial charge in [0.15, 0.2) is 0 Å². The van der Waals surface area contributed by atoms with E-state index in [1.807, 2.05) is 0 Å². The zero-order chi connectivity index (χ0) is 6.24. The van der Waals surface area contributed by atoms with Crippen molar-refractivity contribution >= 4 is 17.4 Å². The number of hydrogen-bond acceptors (Lipinski definition) is 3. The minimum absolute atomic E-state index is 0.653. The molecule has 0 bridgehead atoms. The lowest BCUT2D eigenvalue weighted by Gasteiger charge is -1.90. The maximum absolute atomic E-state index is 4.63. The number of isothiocyanates is 1. The van der Waals surface area contributed by atoms with Gasteiger partial charge >= 0.3 is 0 Å². The largest absolute Gasteiger partial charge is 0.388 e. The molecule has 0 saturated carbocycles. The Labute approximate surface area is 54.5 Å². The highest BCUT2D eigenvalue weighted by Gasteiger charge is 1.78. The first kappa shape index (κ1) is 7.60. The molecule has 0 amide bonds. The lowest BCUT2D eigenvalue weighted by atomic mass is 10.4. The van der Waals surface area contributed by atoms with E-state index in [0.29, 0.717) is 6.61 Å². The first-order valence-corrected chi connectivity index (χ1v) is 3.01. The summed E-state index contributed by atoms with van der Waals surface area (Å²) in [5, 5.41) is 5.39. The average Bonchev–Trinajstić information content (AvgIpc) is 1.81. The van der Waals surface area contributed by atoms with E-state index in [1.54, 1.807) is 0 Å². The second-order valence-electron chi connectivity index (χ2n) is 1.37. The van der Waals surface area contributed by atoms with Gasteiger partial charge in [0, 0.05) is 0 Å². The Morgan fingerprint density at radius 3 is 3.00 bits per heavy atom. The zero-order valence-electron chi connectivity index (χ0n) is 4.89. The molecule has 0 atom stereocenters. The van der Waals surface area contributed by atoms with Gasteiger partial charge in [0.1, 0.15) is 11.8 Å². The summed E-state index contributed by atoms with van der Waals surface area (Å²) < 4.78 is 0. The van der Waals surface area contributed by atoms with Crippen molar-refractivity contribution in [2.75, 3.05) is 6.61 Å². The normalized spacial score (nSPS) is 7.62. The highest BCUT2D eigenvalue weighted by molar-refractivity contribution is 7.78. The quantitative estimate of drug-likeness (QED) is 0.251.